The van der Waals surface area contributed by atoms with E-state index < -0.39 is 0 Å². The van der Waals surface area contributed by atoms with Crippen molar-refractivity contribution in [1.82, 2.24) is 9.80 Å². The monoisotopic (exact) mass is 394 g/mol. The fraction of sp³-hybridized carbons (Fsp3) is 1.00. The molecule has 5 aliphatic rings. The van der Waals surface area contributed by atoms with Crippen LogP contribution in [0, 0.1) is 23.7 Å². The highest BCUT2D eigenvalue weighted by Gasteiger charge is 2.45. The number of hydrogen-bond acceptors (Lipinski definition) is 2. The number of piperidine rings is 3. The Morgan fingerprint density at radius 1 is 0.607 bits per heavy atom. The lowest BCUT2D eigenvalue weighted by Gasteiger charge is -2.47. The molecule has 3 heterocycles. The molecule has 3 saturated heterocycles. The van der Waals surface area contributed by atoms with Crippen LogP contribution < -0.4 is 0 Å². The van der Waals surface area contributed by atoms with Crippen molar-refractivity contribution in [2.75, 3.05) is 13.1 Å². The Hall–Kier alpha value is -0.0800. The molecule has 28 heavy (non-hydrogen) atoms. The van der Waals surface area contributed by atoms with Crippen molar-refractivity contribution in [3.8, 4) is 0 Å². The minimum atomic E-state index is 0.767. The number of hydrogen-bond donors (Lipinski definition) is 0. The van der Waals surface area contributed by atoms with Gasteiger partial charge in [0.05, 0.1) is 0 Å². The van der Waals surface area contributed by atoms with Gasteiger partial charge in [-0.3, -0.25) is 9.80 Å². The first-order chi connectivity index (χ1) is 13.4. The molecule has 4 bridgehead atoms. The fourth-order valence-corrected chi connectivity index (χ4v) is 6.22. The molecule has 2 saturated carbocycles. The van der Waals surface area contributed by atoms with Gasteiger partial charge in [-0.2, -0.15) is 0 Å². The largest absolute Gasteiger partial charge is 0.298 e. The van der Waals surface area contributed by atoms with E-state index in [9.17, 15) is 0 Å². The first kappa shape index (κ1) is 26.0. The summed E-state index contributed by atoms with van der Waals surface area (Å²) < 4.78 is 0. The third-order valence-electron chi connectivity index (χ3n) is 7.58. The summed E-state index contributed by atoms with van der Waals surface area (Å²) in [5, 5.41) is 0. The van der Waals surface area contributed by atoms with Gasteiger partial charge < -0.3 is 0 Å². The van der Waals surface area contributed by atoms with Gasteiger partial charge >= 0.3 is 0 Å². The minimum Gasteiger partial charge on any atom is -0.298 e. The zero-order chi connectivity index (χ0) is 21.4. The summed E-state index contributed by atoms with van der Waals surface area (Å²) in [6, 6.07) is 3.42. The summed E-state index contributed by atoms with van der Waals surface area (Å²) in [5.74, 6) is 4.00. The van der Waals surface area contributed by atoms with Crippen LogP contribution in [0.2, 0.25) is 0 Å². The Labute approximate surface area is 178 Å². The van der Waals surface area contributed by atoms with E-state index in [0.717, 1.165) is 47.8 Å². The van der Waals surface area contributed by atoms with Crippen molar-refractivity contribution in [2.24, 2.45) is 23.7 Å². The highest BCUT2D eigenvalue weighted by molar-refractivity contribution is 4.99. The van der Waals surface area contributed by atoms with Gasteiger partial charge in [0.2, 0.25) is 0 Å². The molecule has 0 aromatic rings. The average molecular weight is 395 g/mol. The molecule has 0 spiro atoms. The van der Waals surface area contributed by atoms with Gasteiger partial charge in [0.25, 0.3) is 0 Å². The predicted molar refractivity (Wildman–Crippen MR) is 127 cm³/mol. The quantitative estimate of drug-likeness (QED) is 0.504. The van der Waals surface area contributed by atoms with E-state index >= 15 is 0 Å². The van der Waals surface area contributed by atoms with Gasteiger partial charge in [-0.25, -0.2) is 0 Å². The van der Waals surface area contributed by atoms with Crippen molar-refractivity contribution >= 4 is 0 Å². The van der Waals surface area contributed by atoms with Crippen LogP contribution in [-0.2, 0) is 0 Å². The van der Waals surface area contributed by atoms with Crippen LogP contribution >= 0.6 is 0 Å². The molecule has 168 valence electrons. The van der Waals surface area contributed by atoms with E-state index in [1.54, 1.807) is 0 Å². The van der Waals surface area contributed by atoms with Crippen molar-refractivity contribution in [2.45, 2.75) is 132 Å². The van der Waals surface area contributed by atoms with Crippen molar-refractivity contribution in [3.63, 3.8) is 0 Å². The third-order valence-corrected chi connectivity index (χ3v) is 7.58. The fourth-order valence-electron chi connectivity index (χ4n) is 6.22. The van der Waals surface area contributed by atoms with E-state index in [1.165, 1.54) is 51.6 Å². The minimum absolute atomic E-state index is 0.767. The van der Waals surface area contributed by atoms with Gasteiger partial charge in [-0.1, -0.05) is 41.5 Å². The molecule has 0 amide bonds. The summed E-state index contributed by atoms with van der Waals surface area (Å²) >= 11 is 0. The average Bonchev–Trinajstić information content (AvgIpc) is 3.33. The van der Waals surface area contributed by atoms with Crippen LogP contribution in [0.25, 0.3) is 0 Å². The standard InChI is InChI=1S/C12H23N.C10H19N.2C2H6/c1-8(2)12-6-11-5-10(12)7-13(11)9(3)4;1-8(2)11-7-9-3-5-10(11)6-4-9;2*1-2/h8-12H,5-7H2,1-4H3;8-10H,3-7H2,1-2H3;2*1-2H3. The summed E-state index contributed by atoms with van der Waals surface area (Å²) in [6.45, 7) is 24.9. The third kappa shape index (κ3) is 6.46. The van der Waals surface area contributed by atoms with Crippen molar-refractivity contribution in [3.05, 3.63) is 0 Å². The van der Waals surface area contributed by atoms with Gasteiger partial charge in [0.15, 0.2) is 0 Å². The van der Waals surface area contributed by atoms with E-state index in [4.69, 9.17) is 0 Å². The maximum atomic E-state index is 2.71. The molecule has 5 fully saturated rings. The van der Waals surface area contributed by atoms with E-state index in [0.29, 0.717) is 0 Å². The SMILES string of the molecule is CC.CC.CC(C)C1CC2CC1CN2C(C)C.CC(C)N1CC2CCC1CC2. The number of nitrogens with zero attached hydrogens (tertiary/aromatic N) is 2. The Morgan fingerprint density at radius 2 is 1.11 bits per heavy atom. The lowest BCUT2D eigenvalue weighted by Crippen LogP contribution is -2.50. The molecule has 5 rings (SSSR count). The Morgan fingerprint density at radius 3 is 1.39 bits per heavy atom. The normalized spacial score (nSPS) is 34.0. The second-order valence-electron chi connectivity index (χ2n) is 10.0. The lowest BCUT2D eigenvalue weighted by atomic mass is 9.79. The highest BCUT2D eigenvalue weighted by Crippen LogP contribution is 2.45. The molecule has 3 aliphatic heterocycles. The van der Waals surface area contributed by atoms with Crippen molar-refractivity contribution < 1.29 is 0 Å². The van der Waals surface area contributed by atoms with E-state index in [1.807, 2.05) is 27.7 Å². The Balaban J connectivity index is 0.000000240. The van der Waals surface area contributed by atoms with Crippen LogP contribution in [0.5, 0.6) is 0 Å². The first-order valence-corrected chi connectivity index (χ1v) is 12.9. The predicted octanol–water partition coefficient (Wildman–Crippen LogP) is 7.08. The topological polar surface area (TPSA) is 6.48 Å². The molecule has 0 N–H and O–H groups in total. The number of likely N-dealkylation sites (tertiary alicyclic amines) is 1. The molecule has 3 unspecified atom stereocenters. The number of rotatable bonds is 3. The molecule has 2 nitrogen and oxygen atoms in total. The zero-order valence-corrected chi connectivity index (χ0v) is 21.2. The smallest absolute Gasteiger partial charge is 0.0104 e. The van der Waals surface area contributed by atoms with Crippen LogP contribution in [0.1, 0.15) is 108 Å². The first-order valence-electron chi connectivity index (χ1n) is 12.9. The lowest BCUT2D eigenvalue weighted by molar-refractivity contribution is 0.0250. The van der Waals surface area contributed by atoms with Gasteiger partial charge in [0.1, 0.15) is 0 Å². The summed E-state index contributed by atoms with van der Waals surface area (Å²) in [6.07, 6.45) is 8.93. The van der Waals surface area contributed by atoms with Crippen LogP contribution in [-0.4, -0.2) is 47.1 Å². The Bertz CT molecular complexity index is 375. The summed E-state index contributed by atoms with van der Waals surface area (Å²) in [4.78, 5) is 5.42. The molecule has 2 aliphatic carbocycles. The molecular weight excluding hydrogens is 340 g/mol. The van der Waals surface area contributed by atoms with E-state index in [2.05, 4.69) is 51.3 Å². The van der Waals surface area contributed by atoms with Gasteiger partial charge in [0, 0.05) is 37.3 Å². The van der Waals surface area contributed by atoms with Crippen molar-refractivity contribution in [1.29, 1.82) is 0 Å². The summed E-state index contributed by atoms with van der Waals surface area (Å²) in [7, 11) is 0. The Kier molecular flexibility index (Phi) is 11.7. The van der Waals surface area contributed by atoms with E-state index in [-0.39, 0.29) is 0 Å². The van der Waals surface area contributed by atoms with Crippen LogP contribution in [0.3, 0.4) is 0 Å². The van der Waals surface area contributed by atoms with Gasteiger partial charge in [-0.05, 0) is 89.9 Å². The molecule has 2 heteroatoms. The zero-order valence-electron chi connectivity index (χ0n) is 21.2. The number of fused-ring (bicyclic) bond motifs is 5. The summed E-state index contributed by atoms with van der Waals surface area (Å²) in [5.41, 5.74) is 0. The maximum Gasteiger partial charge on any atom is 0.0104 e. The highest BCUT2D eigenvalue weighted by atomic mass is 15.2. The molecule has 3 atom stereocenters. The van der Waals surface area contributed by atoms with Crippen LogP contribution in [0.15, 0.2) is 0 Å². The molecule has 0 aromatic carbocycles. The molecular formula is C26H54N2. The second kappa shape index (κ2) is 12.6. The molecule has 0 aromatic heterocycles. The second-order valence-corrected chi connectivity index (χ2v) is 10.0. The van der Waals surface area contributed by atoms with Gasteiger partial charge in [-0.15, -0.1) is 0 Å². The molecule has 0 radical (unpaired) electrons. The maximum absolute atomic E-state index is 2.71. The van der Waals surface area contributed by atoms with Crippen LogP contribution in [0.4, 0.5) is 0 Å².